The van der Waals surface area contributed by atoms with Crippen LogP contribution in [0.2, 0.25) is 0 Å². The normalized spacial score (nSPS) is 15.3. The van der Waals surface area contributed by atoms with Crippen LogP contribution in [0.25, 0.3) is 10.9 Å². The van der Waals surface area contributed by atoms with E-state index in [0.717, 1.165) is 47.2 Å². The van der Waals surface area contributed by atoms with Crippen molar-refractivity contribution in [1.29, 1.82) is 0 Å². The predicted molar refractivity (Wildman–Crippen MR) is 107 cm³/mol. The molecule has 2 aliphatic rings. The van der Waals surface area contributed by atoms with Crippen LogP contribution in [0.1, 0.15) is 35.7 Å². The van der Waals surface area contributed by atoms with E-state index >= 15 is 0 Å². The van der Waals surface area contributed by atoms with Gasteiger partial charge in [0.05, 0.1) is 22.5 Å². The molecule has 0 radical (unpaired) electrons. The highest BCUT2D eigenvalue weighted by Gasteiger charge is 2.27. The molecule has 0 spiro atoms. The van der Waals surface area contributed by atoms with Gasteiger partial charge in [0.1, 0.15) is 12.1 Å². The van der Waals surface area contributed by atoms with E-state index in [9.17, 15) is 4.79 Å². The Morgan fingerprint density at radius 2 is 2.13 bits per heavy atom. The number of hydrogen-bond acceptors (Lipinski definition) is 7. The SMILES string of the molecule is O=C(Nc1cc(C2CC2)no1)n1ccc2cc(Oc3ncnc4c3CNC4)ccc21. The van der Waals surface area contributed by atoms with E-state index < -0.39 is 0 Å². The first-order valence-electron chi connectivity index (χ1n) is 9.85. The zero-order valence-electron chi connectivity index (χ0n) is 16.0. The molecule has 30 heavy (non-hydrogen) atoms. The Hall–Kier alpha value is -3.72. The van der Waals surface area contributed by atoms with E-state index in [0.29, 0.717) is 30.0 Å². The van der Waals surface area contributed by atoms with Crippen molar-refractivity contribution >= 4 is 22.8 Å². The van der Waals surface area contributed by atoms with Gasteiger partial charge < -0.3 is 14.6 Å². The molecule has 1 fully saturated rings. The summed E-state index contributed by atoms with van der Waals surface area (Å²) in [5.74, 6) is 2.03. The third-order valence-electron chi connectivity index (χ3n) is 5.44. The van der Waals surface area contributed by atoms with Gasteiger partial charge >= 0.3 is 6.03 Å². The van der Waals surface area contributed by atoms with Crippen molar-refractivity contribution in [3.8, 4) is 11.6 Å². The first-order valence-corrected chi connectivity index (χ1v) is 9.85. The zero-order chi connectivity index (χ0) is 20.1. The van der Waals surface area contributed by atoms with Crippen molar-refractivity contribution < 1.29 is 14.1 Å². The Morgan fingerprint density at radius 1 is 1.20 bits per heavy atom. The topological polar surface area (TPSA) is 107 Å². The molecule has 1 aliphatic carbocycles. The Morgan fingerprint density at radius 3 is 3.03 bits per heavy atom. The smallest absolute Gasteiger partial charge is 0.332 e. The number of nitrogens with one attached hydrogen (secondary N) is 2. The molecule has 1 aromatic carbocycles. The van der Waals surface area contributed by atoms with Crippen LogP contribution < -0.4 is 15.4 Å². The van der Waals surface area contributed by atoms with Crippen molar-refractivity contribution in [2.75, 3.05) is 5.32 Å². The number of benzene rings is 1. The Kier molecular flexibility index (Phi) is 3.81. The van der Waals surface area contributed by atoms with E-state index in [1.54, 1.807) is 12.3 Å². The third kappa shape index (κ3) is 3.00. The highest BCUT2D eigenvalue weighted by atomic mass is 16.5. The van der Waals surface area contributed by atoms with E-state index in [4.69, 9.17) is 9.26 Å². The van der Waals surface area contributed by atoms with Crippen LogP contribution >= 0.6 is 0 Å². The van der Waals surface area contributed by atoms with Gasteiger partial charge in [-0.2, -0.15) is 0 Å². The molecule has 4 heterocycles. The fourth-order valence-electron chi connectivity index (χ4n) is 3.71. The molecular weight excluding hydrogens is 384 g/mol. The number of anilines is 1. The van der Waals surface area contributed by atoms with Gasteiger partial charge in [0.2, 0.25) is 11.8 Å². The number of carbonyl (C=O) groups is 1. The molecule has 9 heteroatoms. The lowest BCUT2D eigenvalue weighted by Gasteiger charge is -2.09. The zero-order valence-corrected chi connectivity index (χ0v) is 16.0. The average molecular weight is 402 g/mol. The number of nitrogens with zero attached hydrogens (tertiary/aromatic N) is 4. The quantitative estimate of drug-likeness (QED) is 0.535. The number of amides is 1. The Balaban J connectivity index is 1.23. The molecule has 3 aromatic heterocycles. The fourth-order valence-corrected chi connectivity index (χ4v) is 3.71. The van der Waals surface area contributed by atoms with Crippen LogP contribution in [0.5, 0.6) is 11.6 Å². The van der Waals surface area contributed by atoms with Gasteiger partial charge in [0.15, 0.2) is 0 Å². The van der Waals surface area contributed by atoms with Gasteiger partial charge in [0.25, 0.3) is 0 Å². The summed E-state index contributed by atoms with van der Waals surface area (Å²) in [6.45, 7) is 1.41. The second-order valence-electron chi connectivity index (χ2n) is 7.54. The summed E-state index contributed by atoms with van der Waals surface area (Å²) in [6, 6.07) is 8.90. The largest absolute Gasteiger partial charge is 0.439 e. The maximum Gasteiger partial charge on any atom is 0.332 e. The number of carbonyl (C=O) groups excluding carboxylic acids is 1. The van der Waals surface area contributed by atoms with Crippen molar-refractivity contribution in [2.45, 2.75) is 31.8 Å². The lowest BCUT2D eigenvalue weighted by atomic mass is 10.2. The van der Waals surface area contributed by atoms with Crippen LogP contribution in [0.15, 0.2) is 47.4 Å². The standard InChI is InChI=1S/C21H18N6O3/c28-21(25-19-8-16(26-30-19)12-1-2-12)27-6-5-13-7-14(3-4-18(13)27)29-20-15-9-22-10-17(15)23-11-24-20/h3-8,11-12,22H,1-2,9-10H2,(H,25,28). The summed E-state index contributed by atoms with van der Waals surface area (Å²) < 4.78 is 12.8. The van der Waals surface area contributed by atoms with Crippen LogP contribution in [0.4, 0.5) is 10.7 Å². The minimum atomic E-state index is -0.308. The summed E-state index contributed by atoms with van der Waals surface area (Å²) in [6.07, 6.45) is 5.48. The molecule has 9 nitrogen and oxygen atoms in total. The number of fused-ring (bicyclic) bond motifs is 2. The molecule has 0 unspecified atom stereocenters. The number of rotatable bonds is 4. The maximum atomic E-state index is 12.7. The number of hydrogen-bond donors (Lipinski definition) is 2. The van der Waals surface area contributed by atoms with Gasteiger partial charge in [-0.3, -0.25) is 9.88 Å². The molecule has 2 N–H and O–H groups in total. The Labute approximate surface area is 171 Å². The molecule has 0 atom stereocenters. The number of aromatic nitrogens is 4. The third-order valence-corrected chi connectivity index (χ3v) is 5.44. The fraction of sp³-hybridized carbons (Fsp3) is 0.238. The lowest BCUT2D eigenvalue weighted by Crippen LogP contribution is -2.17. The molecule has 0 bridgehead atoms. The van der Waals surface area contributed by atoms with Gasteiger partial charge in [-0.05, 0) is 37.1 Å². The molecular formula is C21H18N6O3. The second-order valence-corrected chi connectivity index (χ2v) is 7.54. The summed E-state index contributed by atoms with van der Waals surface area (Å²) in [5, 5.41) is 10.9. The van der Waals surface area contributed by atoms with Crippen molar-refractivity contribution in [3.05, 3.63) is 59.8 Å². The van der Waals surface area contributed by atoms with Gasteiger partial charge in [-0.1, -0.05) is 5.16 Å². The van der Waals surface area contributed by atoms with Crippen LogP contribution in [0, 0.1) is 0 Å². The average Bonchev–Trinajstić information content (AvgIpc) is 3.15. The highest BCUT2D eigenvalue weighted by Crippen LogP contribution is 2.40. The van der Waals surface area contributed by atoms with Gasteiger partial charge in [-0.25, -0.2) is 14.8 Å². The first-order chi connectivity index (χ1) is 14.7. The Bertz CT molecular complexity index is 1270. The van der Waals surface area contributed by atoms with Crippen molar-refractivity contribution in [2.24, 2.45) is 0 Å². The summed E-state index contributed by atoms with van der Waals surface area (Å²) in [4.78, 5) is 21.2. The molecule has 4 aromatic rings. The van der Waals surface area contributed by atoms with Crippen LogP contribution in [0.3, 0.4) is 0 Å². The predicted octanol–water partition coefficient (Wildman–Crippen LogP) is 3.77. The van der Waals surface area contributed by atoms with Crippen LogP contribution in [-0.2, 0) is 13.1 Å². The van der Waals surface area contributed by atoms with Gasteiger partial charge in [0, 0.05) is 36.7 Å². The molecule has 1 amide bonds. The van der Waals surface area contributed by atoms with E-state index in [-0.39, 0.29) is 6.03 Å². The highest BCUT2D eigenvalue weighted by molar-refractivity contribution is 5.98. The molecule has 1 saturated carbocycles. The second kappa shape index (κ2) is 6.67. The minimum absolute atomic E-state index is 0.308. The van der Waals surface area contributed by atoms with E-state index in [1.807, 2.05) is 24.3 Å². The van der Waals surface area contributed by atoms with E-state index in [2.05, 4.69) is 25.8 Å². The monoisotopic (exact) mass is 402 g/mol. The van der Waals surface area contributed by atoms with Crippen molar-refractivity contribution in [1.82, 2.24) is 25.0 Å². The first kappa shape index (κ1) is 17.2. The minimum Gasteiger partial charge on any atom is -0.439 e. The molecule has 6 rings (SSSR count). The molecule has 0 saturated heterocycles. The maximum absolute atomic E-state index is 12.7. The van der Waals surface area contributed by atoms with Crippen molar-refractivity contribution in [3.63, 3.8) is 0 Å². The summed E-state index contributed by atoms with van der Waals surface area (Å²) in [7, 11) is 0. The van der Waals surface area contributed by atoms with E-state index in [1.165, 1.54) is 10.9 Å². The molecule has 1 aliphatic heterocycles. The lowest BCUT2D eigenvalue weighted by molar-refractivity contribution is 0.253. The van der Waals surface area contributed by atoms with Gasteiger partial charge in [-0.15, -0.1) is 0 Å². The molecule has 150 valence electrons. The van der Waals surface area contributed by atoms with Crippen LogP contribution in [-0.4, -0.2) is 25.7 Å². The summed E-state index contributed by atoms with van der Waals surface area (Å²) in [5.41, 5.74) is 3.60. The number of ether oxygens (including phenoxy) is 1. The summed E-state index contributed by atoms with van der Waals surface area (Å²) >= 11 is 0.